The highest BCUT2D eigenvalue weighted by atomic mass is 35.5. The molecule has 0 saturated heterocycles. The Morgan fingerprint density at radius 3 is 2.75 bits per heavy atom. The summed E-state index contributed by atoms with van der Waals surface area (Å²) in [4.78, 5) is 23.1. The minimum absolute atomic E-state index is 0.0430. The van der Waals surface area contributed by atoms with Crippen LogP contribution in [0.4, 0.5) is 0 Å². The van der Waals surface area contributed by atoms with Gasteiger partial charge in [-0.25, -0.2) is 0 Å². The van der Waals surface area contributed by atoms with Gasteiger partial charge in [0.1, 0.15) is 0 Å². The molecule has 0 saturated carbocycles. The topological polar surface area (TPSA) is 61.8 Å². The van der Waals surface area contributed by atoms with Crippen LogP contribution in [0.3, 0.4) is 0 Å². The molecule has 0 unspecified atom stereocenters. The molecule has 0 spiro atoms. The summed E-state index contributed by atoms with van der Waals surface area (Å²) in [6, 6.07) is 3.14. The van der Waals surface area contributed by atoms with Crippen LogP contribution in [0.25, 0.3) is 0 Å². The molecule has 0 amide bonds. The van der Waals surface area contributed by atoms with Crippen molar-refractivity contribution >= 4 is 23.4 Å². The number of carbonyl (C=O) groups is 2. The second-order valence-electron chi connectivity index (χ2n) is 4.34. The van der Waals surface area contributed by atoms with Crippen molar-refractivity contribution in [1.82, 2.24) is 0 Å². The number of carbonyl (C=O) groups excluding carboxylic acids is 2. The lowest BCUT2D eigenvalue weighted by molar-refractivity contribution is -0.140. The van der Waals surface area contributed by atoms with Crippen LogP contribution in [0.1, 0.15) is 29.6 Å². The number of Topliss-reactive ketones (excluding diaryl/α,β-unsaturated/α-hetero) is 1. The van der Waals surface area contributed by atoms with E-state index in [0.717, 1.165) is 6.42 Å². The molecule has 1 aliphatic rings. The van der Waals surface area contributed by atoms with E-state index in [4.69, 9.17) is 21.1 Å². The zero-order valence-corrected chi connectivity index (χ0v) is 11.9. The van der Waals surface area contributed by atoms with E-state index in [9.17, 15) is 9.59 Å². The van der Waals surface area contributed by atoms with Crippen LogP contribution < -0.4 is 9.47 Å². The maximum atomic E-state index is 12.0. The van der Waals surface area contributed by atoms with Crippen LogP contribution in [0.2, 0.25) is 5.02 Å². The molecular formula is C14H15ClO5. The number of fused-ring (bicyclic) bond motifs is 1. The normalized spacial score (nSPS) is 13.5. The number of ketones is 1. The Morgan fingerprint density at radius 1 is 1.25 bits per heavy atom. The zero-order valence-electron chi connectivity index (χ0n) is 11.1. The molecular weight excluding hydrogens is 284 g/mol. The molecule has 0 bridgehead atoms. The smallest absolute Gasteiger partial charge is 0.305 e. The summed E-state index contributed by atoms with van der Waals surface area (Å²) < 4.78 is 15.5. The van der Waals surface area contributed by atoms with E-state index >= 15 is 0 Å². The molecule has 0 N–H and O–H groups in total. The fourth-order valence-corrected chi connectivity index (χ4v) is 2.12. The van der Waals surface area contributed by atoms with Crippen molar-refractivity contribution < 1.29 is 23.8 Å². The molecule has 0 aliphatic carbocycles. The van der Waals surface area contributed by atoms with Crippen LogP contribution in [-0.4, -0.2) is 32.1 Å². The predicted octanol–water partition coefficient (Wildman–Crippen LogP) is 2.64. The monoisotopic (exact) mass is 298 g/mol. The van der Waals surface area contributed by atoms with Gasteiger partial charge < -0.3 is 14.2 Å². The Kier molecular flexibility index (Phi) is 4.84. The molecule has 0 atom stereocenters. The van der Waals surface area contributed by atoms with Crippen LogP contribution >= 0.6 is 11.6 Å². The maximum absolute atomic E-state index is 12.0. The maximum Gasteiger partial charge on any atom is 0.305 e. The van der Waals surface area contributed by atoms with Crippen molar-refractivity contribution in [2.45, 2.75) is 19.3 Å². The number of halogens is 1. The van der Waals surface area contributed by atoms with Gasteiger partial charge in [-0.05, 0) is 12.1 Å². The largest absolute Gasteiger partial charge is 0.489 e. The third-order valence-corrected chi connectivity index (χ3v) is 3.19. The van der Waals surface area contributed by atoms with E-state index in [1.54, 1.807) is 6.07 Å². The number of benzene rings is 1. The molecule has 5 nitrogen and oxygen atoms in total. The quantitative estimate of drug-likeness (QED) is 0.631. The first-order chi connectivity index (χ1) is 9.61. The standard InChI is InChI=1S/C14H15ClO5/c1-18-13(17)4-3-11(16)9-7-10(15)14-12(8-9)19-5-2-6-20-14/h7-8H,2-6H2,1H3. The van der Waals surface area contributed by atoms with Gasteiger partial charge in [0.25, 0.3) is 0 Å². The van der Waals surface area contributed by atoms with Gasteiger partial charge in [-0.2, -0.15) is 0 Å². The second-order valence-corrected chi connectivity index (χ2v) is 4.74. The van der Waals surface area contributed by atoms with Crippen molar-refractivity contribution in [3.63, 3.8) is 0 Å². The molecule has 1 aliphatic heterocycles. The van der Waals surface area contributed by atoms with Gasteiger partial charge in [-0.3, -0.25) is 9.59 Å². The Labute approximate surface area is 121 Å². The lowest BCUT2D eigenvalue weighted by Crippen LogP contribution is -2.06. The second kappa shape index (κ2) is 6.61. The average molecular weight is 299 g/mol. The van der Waals surface area contributed by atoms with Crippen molar-refractivity contribution in [2.75, 3.05) is 20.3 Å². The highest BCUT2D eigenvalue weighted by Crippen LogP contribution is 2.38. The van der Waals surface area contributed by atoms with Gasteiger partial charge in [-0.1, -0.05) is 11.6 Å². The van der Waals surface area contributed by atoms with E-state index in [2.05, 4.69) is 4.74 Å². The summed E-state index contributed by atoms with van der Waals surface area (Å²) in [6.07, 6.45) is 0.876. The third kappa shape index (κ3) is 3.42. The van der Waals surface area contributed by atoms with Crippen molar-refractivity contribution in [3.05, 3.63) is 22.7 Å². The Balaban J connectivity index is 2.16. The van der Waals surface area contributed by atoms with Crippen LogP contribution in [0.15, 0.2) is 12.1 Å². The van der Waals surface area contributed by atoms with Crippen molar-refractivity contribution in [2.24, 2.45) is 0 Å². The summed E-state index contributed by atoms with van der Waals surface area (Å²) in [6.45, 7) is 1.05. The number of hydrogen-bond donors (Lipinski definition) is 0. The van der Waals surface area contributed by atoms with E-state index in [1.165, 1.54) is 13.2 Å². The van der Waals surface area contributed by atoms with Gasteiger partial charge in [-0.15, -0.1) is 0 Å². The molecule has 1 heterocycles. The first-order valence-electron chi connectivity index (χ1n) is 6.31. The van der Waals surface area contributed by atoms with Gasteiger partial charge in [0.05, 0.1) is 31.8 Å². The molecule has 0 fully saturated rings. The Morgan fingerprint density at radius 2 is 2.00 bits per heavy atom. The van der Waals surface area contributed by atoms with Crippen LogP contribution in [0, 0.1) is 0 Å². The van der Waals surface area contributed by atoms with Gasteiger partial charge >= 0.3 is 5.97 Å². The summed E-state index contributed by atoms with van der Waals surface area (Å²) >= 11 is 6.11. The molecule has 1 aromatic carbocycles. The minimum atomic E-state index is -0.418. The first-order valence-corrected chi connectivity index (χ1v) is 6.68. The van der Waals surface area contributed by atoms with E-state index in [0.29, 0.717) is 35.3 Å². The fourth-order valence-electron chi connectivity index (χ4n) is 1.85. The third-order valence-electron chi connectivity index (χ3n) is 2.91. The van der Waals surface area contributed by atoms with E-state index in [1.807, 2.05) is 0 Å². The number of ether oxygens (including phenoxy) is 3. The summed E-state index contributed by atoms with van der Waals surface area (Å²) in [5.41, 5.74) is 0.406. The number of methoxy groups -OCH3 is 1. The number of esters is 1. The SMILES string of the molecule is COC(=O)CCC(=O)c1cc(Cl)c2c(c1)OCCCO2. The Hall–Kier alpha value is -1.75. The lowest BCUT2D eigenvalue weighted by Gasteiger charge is -2.11. The zero-order chi connectivity index (χ0) is 14.5. The summed E-state index contributed by atoms with van der Waals surface area (Å²) in [7, 11) is 1.29. The highest BCUT2D eigenvalue weighted by Gasteiger charge is 2.18. The molecule has 2 rings (SSSR count). The van der Waals surface area contributed by atoms with E-state index < -0.39 is 5.97 Å². The highest BCUT2D eigenvalue weighted by molar-refractivity contribution is 6.32. The summed E-state index contributed by atoms with van der Waals surface area (Å²) in [5.74, 6) is 0.330. The van der Waals surface area contributed by atoms with Crippen molar-refractivity contribution in [3.8, 4) is 11.5 Å². The van der Waals surface area contributed by atoms with Crippen LogP contribution in [-0.2, 0) is 9.53 Å². The Bertz CT molecular complexity index is 527. The van der Waals surface area contributed by atoms with Crippen LogP contribution in [0.5, 0.6) is 11.5 Å². The first kappa shape index (κ1) is 14.7. The van der Waals surface area contributed by atoms with Gasteiger partial charge in [0.2, 0.25) is 0 Å². The molecule has 1 aromatic rings. The van der Waals surface area contributed by atoms with Gasteiger partial charge in [0, 0.05) is 18.4 Å². The summed E-state index contributed by atoms with van der Waals surface area (Å²) in [5, 5.41) is 0.339. The molecule has 6 heteroatoms. The molecule has 108 valence electrons. The molecule has 0 aromatic heterocycles. The number of rotatable bonds is 4. The van der Waals surface area contributed by atoms with E-state index in [-0.39, 0.29) is 18.6 Å². The molecule has 0 radical (unpaired) electrons. The number of hydrogen-bond acceptors (Lipinski definition) is 5. The lowest BCUT2D eigenvalue weighted by atomic mass is 10.1. The molecule has 20 heavy (non-hydrogen) atoms. The fraction of sp³-hybridized carbons (Fsp3) is 0.429. The van der Waals surface area contributed by atoms with Crippen molar-refractivity contribution in [1.29, 1.82) is 0 Å². The average Bonchev–Trinajstić information content (AvgIpc) is 2.69. The van der Waals surface area contributed by atoms with Gasteiger partial charge in [0.15, 0.2) is 17.3 Å². The minimum Gasteiger partial charge on any atom is -0.489 e. The predicted molar refractivity (Wildman–Crippen MR) is 72.6 cm³/mol.